The van der Waals surface area contributed by atoms with Crippen LogP contribution in [0.15, 0.2) is 24.3 Å². The lowest BCUT2D eigenvalue weighted by molar-refractivity contribution is -0.384. The number of carbonyl (C=O) groups excluding carboxylic acids is 1. The zero-order valence-electron chi connectivity index (χ0n) is 13.7. The van der Waals surface area contributed by atoms with E-state index in [2.05, 4.69) is 10.6 Å². The number of nitrogens with one attached hydrogen (secondary N) is 2. The normalized spacial score (nSPS) is 20.3. The molecular weight excluding hydrogens is 298 g/mol. The number of rotatable bonds is 5. The average molecular weight is 321 g/mol. The highest BCUT2D eigenvalue weighted by atomic mass is 16.6. The third-order valence-electron chi connectivity index (χ3n) is 3.64. The molecule has 1 saturated carbocycles. The van der Waals surface area contributed by atoms with Crippen molar-refractivity contribution in [1.29, 1.82) is 0 Å². The number of alkyl carbamates (subject to hydrolysis) is 1. The highest BCUT2D eigenvalue weighted by Gasteiger charge is 2.31. The van der Waals surface area contributed by atoms with Gasteiger partial charge in [-0.3, -0.25) is 10.1 Å². The Morgan fingerprint density at radius 1 is 1.35 bits per heavy atom. The predicted octanol–water partition coefficient (Wildman–Crippen LogP) is 3.31. The molecule has 1 aliphatic carbocycles. The number of para-hydroxylation sites is 2. The monoisotopic (exact) mass is 321 g/mol. The summed E-state index contributed by atoms with van der Waals surface area (Å²) in [7, 11) is 0. The van der Waals surface area contributed by atoms with E-state index < -0.39 is 16.6 Å². The summed E-state index contributed by atoms with van der Waals surface area (Å²) in [4.78, 5) is 22.2. The van der Waals surface area contributed by atoms with Crippen LogP contribution in [0.4, 0.5) is 16.2 Å². The van der Waals surface area contributed by atoms with Crippen LogP contribution in [0.2, 0.25) is 0 Å². The molecule has 7 heteroatoms. The minimum absolute atomic E-state index is 0.0789. The van der Waals surface area contributed by atoms with Gasteiger partial charge in [0, 0.05) is 18.7 Å². The summed E-state index contributed by atoms with van der Waals surface area (Å²) in [6, 6.07) is 6.71. The number of benzene rings is 1. The second-order valence-electron chi connectivity index (χ2n) is 6.84. The molecule has 0 atom stereocenters. The van der Waals surface area contributed by atoms with Crippen LogP contribution in [0.1, 0.15) is 33.6 Å². The molecule has 7 nitrogen and oxygen atoms in total. The molecule has 0 unspecified atom stereocenters. The first-order chi connectivity index (χ1) is 10.7. The molecule has 0 spiro atoms. The van der Waals surface area contributed by atoms with Gasteiger partial charge in [-0.25, -0.2) is 4.79 Å². The molecule has 1 aliphatic rings. The smallest absolute Gasteiger partial charge is 0.407 e. The number of nitro groups is 1. The van der Waals surface area contributed by atoms with Gasteiger partial charge in [0.15, 0.2) is 0 Å². The van der Waals surface area contributed by atoms with Crippen LogP contribution < -0.4 is 10.6 Å². The molecule has 0 aromatic heterocycles. The molecule has 1 fully saturated rings. The molecule has 0 saturated heterocycles. The number of nitrogens with zero attached hydrogens (tertiary/aromatic N) is 1. The van der Waals surface area contributed by atoms with Gasteiger partial charge in [-0.05, 0) is 45.6 Å². The maximum Gasteiger partial charge on any atom is 0.407 e. The summed E-state index contributed by atoms with van der Waals surface area (Å²) < 4.78 is 5.21. The van der Waals surface area contributed by atoms with E-state index in [4.69, 9.17) is 4.74 Å². The number of ether oxygens (including phenoxy) is 1. The van der Waals surface area contributed by atoms with Gasteiger partial charge in [0.25, 0.3) is 5.69 Å². The number of hydrogen-bond acceptors (Lipinski definition) is 5. The van der Waals surface area contributed by atoms with E-state index in [0.29, 0.717) is 18.2 Å². The molecular formula is C16H23N3O4. The molecule has 0 radical (unpaired) electrons. The zero-order chi connectivity index (χ0) is 17.0. The highest BCUT2D eigenvalue weighted by Crippen LogP contribution is 2.30. The molecule has 1 aromatic carbocycles. The van der Waals surface area contributed by atoms with Crippen molar-refractivity contribution in [3.8, 4) is 0 Å². The number of nitro benzene ring substituents is 1. The van der Waals surface area contributed by atoms with Gasteiger partial charge in [0.1, 0.15) is 11.3 Å². The van der Waals surface area contributed by atoms with Gasteiger partial charge in [0.2, 0.25) is 0 Å². The van der Waals surface area contributed by atoms with Crippen molar-refractivity contribution in [3.63, 3.8) is 0 Å². The molecule has 1 amide bonds. The predicted molar refractivity (Wildman–Crippen MR) is 87.5 cm³/mol. The fourth-order valence-corrected chi connectivity index (χ4v) is 2.53. The Morgan fingerprint density at radius 3 is 2.61 bits per heavy atom. The van der Waals surface area contributed by atoms with E-state index in [1.807, 2.05) is 20.8 Å². The van der Waals surface area contributed by atoms with Gasteiger partial charge in [-0.1, -0.05) is 12.1 Å². The molecule has 23 heavy (non-hydrogen) atoms. The van der Waals surface area contributed by atoms with E-state index in [0.717, 1.165) is 12.8 Å². The summed E-state index contributed by atoms with van der Waals surface area (Å²) in [5.74, 6) is 0.384. The van der Waals surface area contributed by atoms with Gasteiger partial charge < -0.3 is 15.4 Å². The van der Waals surface area contributed by atoms with Crippen molar-refractivity contribution in [2.75, 3.05) is 11.9 Å². The number of anilines is 1. The zero-order valence-corrected chi connectivity index (χ0v) is 13.7. The van der Waals surface area contributed by atoms with Gasteiger partial charge in [0.05, 0.1) is 4.92 Å². The lowest BCUT2D eigenvalue weighted by Gasteiger charge is -2.36. The van der Waals surface area contributed by atoms with Crippen LogP contribution in [0.3, 0.4) is 0 Å². The molecule has 0 heterocycles. The van der Waals surface area contributed by atoms with Crippen molar-refractivity contribution < 1.29 is 14.5 Å². The van der Waals surface area contributed by atoms with Crippen LogP contribution in [-0.2, 0) is 4.74 Å². The minimum atomic E-state index is -0.499. The molecule has 1 aromatic rings. The molecule has 0 aliphatic heterocycles. The molecule has 126 valence electrons. The first kappa shape index (κ1) is 17.1. The third-order valence-corrected chi connectivity index (χ3v) is 3.64. The van der Waals surface area contributed by atoms with E-state index in [9.17, 15) is 14.9 Å². The quantitative estimate of drug-likeness (QED) is 0.641. The summed E-state index contributed by atoms with van der Waals surface area (Å²) in [5, 5.41) is 16.9. The van der Waals surface area contributed by atoms with Gasteiger partial charge in [-0.15, -0.1) is 0 Å². The second kappa shape index (κ2) is 6.85. The van der Waals surface area contributed by atoms with E-state index >= 15 is 0 Å². The van der Waals surface area contributed by atoms with Crippen LogP contribution >= 0.6 is 0 Å². The maximum absolute atomic E-state index is 11.6. The van der Waals surface area contributed by atoms with Crippen molar-refractivity contribution in [3.05, 3.63) is 34.4 Å². The Bertz CT molecular complexity index is 577. The van der Waals surface area contributed by atoms with Crippen molar-refractivity contribution in [1.82, 2.24) is 5.32 Å². The fraction of sp³-hybridized carbons (Fsp3) is 0.562. The van der Waals surface area contributed by atoms with Crippen molar-refractivity contribution in [2.45, 2.75) is 45.3 Å². The van der Waals surface area contributed by atoms with Crippen molar-refractivity contribution in [2.24, 2.45) is 5.92 Å². The Kier molecular flexibility index (Phi) is 5.08. The standard InChI is InChI=1S/C16H23N3O4/c1-16(2,3)23-15(20)18-12-8-11(9-12)10-17-13-6-4-5-7-14(13)19(21)22/h4-7,11-12,17H,8-10H2,1-3H3,(H,18,20). The minimum Gasteiger partial charge on any atom is -0.444 e. The SMILES string of the molecule is CC(C)(C)OC(=O)NC1CC(CNc2ccccc2[N+](=O)[O-])C1. The average Bonchev–Trinajstić information content (AvgIpc) is 2.39. The van der Waals surface area contributed by atoms with Gasteiger partial charge in [-0.2, -0.15) is 0 Å². The van der Waals surface area contributed by atoms with E-state index in [1.54, 1.807) is 18.2 Å². The summed E-state index contributed by atoms with van der Waals surface area (Å²) in [6.45, 7) is 6.13. The lowest BCUT2D eigenvalue weighted by atomic mass is 9.80. The van der Waals surface area contributed by atoms with Gasteiger partial charge >= 0.3 is 6.09 Å². The molecule has 0 bridgehead atoms. The topological polar surface area (TPSA) is 93.5 Å². The number of carbonyl (C=O) groups is 1. The van der Waals surface area contributed by atoms with E-state index in [-0.39, 0.29) is 11.7 Å². The first-order valence-corrected chi connectivity index (χ1v) is 7.71. The van der Waals surface area contributed by atoms with Crippen LogP contribution in [0, 0.1) is 16.0 Å². The Morgan fingerprint density at radius 2 is 2.00 bits per heavy atom. The van der Waals surface area contributed by atoms with Crippen molar-refractivity contribution >= 4 is 17.5 Å². The second-order valence-corrected chi connectivity index (χ2v) is 6.84. The van der Waals surface area contributed by atoms with Crippen LogP contribution in [0.5, 0.6) is 0 Å². The number of hydrogen-bond donors (Lipinski definition) is 2. The molecule has 2 rings (SSSR count). The third kappa shape index (κ3) is 5.12. The largest absolute Gasteiger partial charge is 0.444 e. The summed E-state index contributed by atoms with van der Waals surface area (Å²) in [5.41, 5.74) is 0.109. The summed E-state index contributed by atoms with van der Waals surface area (Å²) in [6.07, 6.45) is 1.28. The highest BCUT2D eigenvalue weighted by molar-refractivity contribution is 5.68. The summed E-state index contributed by atoms with van der Waals surface area (Å²) >= 11 is 0. The lowest BCUT2D eigenvalue weighted by Crippen LogP contribution is -2.47. The number of amides is 1. The maximum atomic E-state index is 11.6. The Balaban J connectivity index is 1.73. The first-order valence-electron chi connectivity index (χ1n) is 7.71. The Labute approximate surface area is 135 Å². The van der Waals surface area contributed by atoms with Crippen LogP contribution in [-0.4, -0.2) is 29.2 Å². The van der Waals surface area contributed by atoms with Crippen LogP contribution in [0.25, 0.3) is 0 Å². The molecule has 2 N–H and O–H groups in total. The Hall–Kier alpha value is -2.31. The fourth-order valence-electron chi connectivity index (χ4n) is 2.53. The van der Waals surface area contributed by atoms with E-state index in [1.165, 1.54) is 6.07 Å².